The first-order chi connectivity index (χ1) is 16.9. The van der Waals surface area contributed by atoms with Gasteiger partial charge in [0, 0.05) is 18.1 Å². The summed E-state index contributed by atoms with van der Waals surface area (Å²) in [7, 11) is -3.96. The van der Waals surface area contributed by atoms with E-state index in [1.165, 1.54) is 24.4 Å². The molecular weight excluding hydrogens is 473 g/mol. The molecule has 3 heterocycles. The molecule has 2 aromatic heterocycles. The van der Waals surface area contributed by atoms with E-state index in [1.54, 1.807) is 33.9 Å². The zero-order valence-corrected chi connectivity index (χ0v) is 20.1. The van der Waals surface area contributed by atoms with E-state index in [1.807, 2.05) is 0 Å². The van der Waals surface area contributed by atoms with E-state index in [2.05, 4.69) is 4.98 Å². The van der Waals surface area contributed by atoms with Crippen molar-refractivity contribution in [3.8, 4) is 0 Å². The van der Waals surface area contributed by atoms with Crippen LogP contribution in [0.25, 0.3) is 0 Å². The van der Waals surface area contributed by atoms with Crippen LogP contribution < -0.4 is 0 Å². The standard InChI is InChI=1S/C25H28FN3O5S/c26-23-8-2-1-5-19(23)17-35(31,32)25-27-13-20(29(25)16-22-7-4-12-34-22)14-28(24(30)18-9-10-18)15-21-6-3-11-33-21/h1-3,5-6,8,11,13,18,22H,4,7,9-10,12,14-17H2. The van der Waals surface area contributed by atoms with E-state index in [4.69, 9.17) is 9.15 Å². The summed E-state index contributed by atoms with van der Waals surface area (Å²) in [5, 5.41) is -0.136. The Morgan fingerprint density at radius 2 is 1.97 bits per heavy atom. The first-order valence-corrected chi connectivity index (χ1v) is 13.5. The quantitative estimate of drug-likeness (QED) is 0.420. The number of carbonyl (C=O) groups is 1. The normalized spacial score (nSPS) is 18.1. The van der Waals surface area contributed by atoms with Crippen LogP contribution in [-0.4, -0.2) is 41.5 Å². The van der Waals surface area contributed by atoms with Crippen molar-refractivity contribution in [1.29, 1.82) is 0 Å². The van der Waals surface area contributed by atoms with Gasteiger partial charge in [-0.3, -0.25) is 4.79 Å². The second-order valence-electron chi connectivity index (χ2n) is 9.18. The van der Waals surface area contributed by atoms with E-state index in [-0.39, 0.29) is 41.7 Å². The smallest absolute Gasteiger partial charge is 0.228 e. The number of carbonyl (C=O) groups excluding carboxylic acids is 1. The maximum absolute atomic E-state index is 14.2. The summed E-state index contributed by atoms with van der Waals surface area (Å²) in [6.45, 7) is 1.39. The van der Waals surface area contributed by atoms with Crippen molar-refractivity contribution < 1.29 is 26.8 Å². The van der Waals surface area contributed by atoms with Crippen LogP contribution in [0, 0.1) is 11.7 Å². The van der Waals surface area contributed by atoms with E-state index in [0.29, 0.717) is 24.6 Å². The molecule has 1 unspecified atom stereocenters. The van der Waals surface area contributed by atoms with Gasteiger partial charge in [0.15, 0.2) is 0 Å². The molecule has 3 aromatic rings. The maximum Gasteiger partial charge on any atom is 0.228 e. The van der Waals surface area contributed by atoms with Crippen molar-refractivity contribution in [3.63, 3.8) is 0 Å². The van der Waals surface area contributed by atoms with Gasteiger partial charge in [0.2, 0.25) is 20.9 Å². The number of furan rings is 1. The second-order valence-corrected chi connectivity index (χ2v) is 11.1. The van der Waals surface area contributed by atoms with Gasteiger partial charge in [-0.05, 0) is 43.9 Å². The third kappa shape index (κ3) is 5.48. The van der Waals surface area contributed by atoms with E-state index in [0.717, 1.165) is 25.7 Å². The van der Waals surface area contributed by atoms with Crippen LogP contribution in [0.4, 0.5) is 4.39 Å². The Labute approximate surface area is 203 Å². The Kier molecular flexibility index (Phi) is 6.75. The van der Waals surface area contributed by atoms with Gasteiger partial charge in [0.25, 0.3) is 0 Å². The number of hydrogen-bond acceptors (Lipinski definition) is 6. The molecule has 1 aliphatic carbocycles. The van der Waals surface area contributed by atoms with Crippen LogP contribution in [0.3, 0.4) is 0 Å². The molecule has 1 amide bonds. The number of benzene rings is 1. The minimum Gasteiger partial charge on any atom is -0.467 e. The molecule has 0 N–H and O–H groups in total. The molecule has 2 aliphatic rings. The fourth-order valence-corrected chi connectivity index (χ4v) is 5.94. The average Bonchev–Trinajstić information content (AvgIpc) is 3.18. The number of imidazole rings is 1. The highest BCUT2D eigenvalue weighted by molar-refractivity contribution is 7.90. The lowest BCUT2D eigenvalue weighted by molar-refractivity contribution is -0.134. The summed E-state index contributed by atoms with van der Waals surface area (Å²) in [5.41, 5.74) is 0.678. The molecule has 1 atom stereocenters. The number of halogens is 1. The van der Waals surface area contributed by atoms with Crippen molar-refractivity contribution in [2.24, 2.45) is 5.92 Å². The molecule has 2 fully saturated rings. The number of aromatic nitrogens is 2. The number of sulfone groups is 1. The van der Waals surface area contributed by atoms with Gasteiger partial charge in [-0.1, -0.05) is 18.2 Å². The van der Waals surface area contributed by atoms with Crippen LogP contribution in [0.15, 0.2) is 58.4 Å². The van der Waals surface area contributed by atoms with Gasteiger partial charge in [0.05, 0.1) is 49.6 Å². The van der Waals surface area contributed by atoms with Crippen molar-refractivity contribution in [2.45, 2.75) is 62.3 Å². The number of hydrogen-bond donors (Lipinski definition) is 0. The Bertz CT molecular complexity index is 1280. The monoisotopic (exact) mass is 501 g/mol. The number of nitrogens with zero attached hydrogens (tertiary/aromatic N) is 3. The summed E-state index contributed by atoms with van der Waals surface area (Å²) in [6, 6.07) is 9.40. The summed E-state index contributed by atoms with van der Waals surface area (Å²) >= 11 is 0. The molecule has 0 bridgehead atoms. The lowest BCUT2D eigenvalue weighted by atomic mass is 10.2. The third-order valence-corrected chi connectivity index (χ3v) is 7.98. The van der Waals surface area contributed by atoms with Gasteiger partial charge >= 0.3 is 0 Å². The SMILES string of the molecule is O=C(C1CC1)N(Cc1ccco1)Cc1cnc(S(=O)(=O)Cc2ccccc2F)n1CC1CCCO1. The fourth-order valence-electron chi connectivity index (χ4n) is 4.42. The Morgan fingerprint density at radius 3 is 2.66 bits per heavy atom. The largest absolute Gasteiger partial charge is 0.467 e. The molecule has 1 saturated carbocycles. The highest BCUT2D eigenvalue weighted by Gasteiger charge is 2.35. The molecule has 186 valence electrons. The molecule has 10 heteroatoms. The maximum atomic E-state index is 14.2. The van der Waals surface area contributed by atoms with Crippen LogP contribution >= 0.6 is 0 Å². The number of ether oxygens (including phenoxy) is 1. The highest BCUT2D eigenvalue weighted by atomic mass is 32.2. The summed E-state index contributed by atoms with van der Waals surface area (Å²) in [4.78, 5) is 19.0. The van der Waals surface area contributed by atoms with Crippen molar-refractivity contribution in [1.82, 2.24) is 14.5 Å². The van der Waals surface area contributed by atoms with Crippen LogP contribution in [0.2, 0.25) is 0 Å². The first-order valence-electron chi connectivity index (χ1n) is 11.8. The van der Waals surface area contributed by atoms with Gasteiger partial charge in [-0.2, -0.15) is 0 Å². The predicted octanol–water partition coefficient (Wildman–Crippen LogP) is 3.71. The minimum absolute atomic E-state index is 0.0104. The molecule has 1 aliphatic heterocycles. The summed E-state index contributed by atoms with van der Waals surface area (Å²) in [5.74, 6) is -0.422. The summed E-state index contributed by atoms with van der Waals surface area (Å²) in [6.07, 6.45) is 6.32. The first kappa shape index (κ1) is 23.7. The van der Waals surface area contributed by atoms with Crippen LogP contribution in [0.1, 0.15) is 42.7 Å². The molecule has 5 rings (SSSR count). The zero-order chi connectivity index (χ0) is 24.4. The molecule has 1 saturated heterocycles. The van der Waals surface area contributed by atoms with Gasteiger partial charge in [-0.25, -0.2) is 17.8 Å². The minimum atomic E-state index is -3.96. The molecule has 0 radical (unpaired) electrons. The lowest BCUT2D eigenvalue weighted by Gasteiger charge is -2.23. The molecule has 35 heavy (non-hydrogen) atoms. The van der Waals surface area contributed by atoms with Gasteiger partial charge in [0.1, 0.15) is 11.6 Å². The van der Waals surface area contributed by atoms with Crippen molar-refractivity contribution in [2.75, 3.05) is 6.61 Å². The van der Waals surface area contributed by atoms with Gasteiger partial charge < -0.3 is 18.6 Å². The number of amides is 1. The second kappa shape index (κ2) is 9.94. The average molecular weight is 502 g/mol. The van der Waals surface area contributed by atoms with E-state index < -0.39 is 21.4 Å². The van der Waals surface area contributed by atoms with Crippen LogP contribution in [0.5, 0.6) is 0 Å². The Morgan fingerprint density at radius 1 is 1.14 bits per heavy atom. The van der Waals surface area contributed by atoms with Crippen molar-refractivity contribution in [3.05, 3.63) is 71.7 Å². The highest BCUT2D eigenvalue weighted by Crippen LogP contribution is 2.32. The fraction of sp³-hybridized carbons (Fsp3) is 0.440. The Balaban J connectivity index is 1.46. The zero-order valence-electron chi connectivity index (χ0n) is 19.3. The molecule has 0 spiro atoms. The number of rotatable bonds is 10. The Hall–Kier alpha value is -2.98. The molecular formula is C25H28FN3O5S. The predicted molar refractivity (Wildman–Crippen MR) is 124 cm³/mol. The summed E-state index contributed by atoms with van der Waals surface area (Å²) < 4.78 is 53.8. The third-order valence-electron chi connectivity index (χ3n) is 6.41. The molecule has 1 aromatic carbocycles. The van der Waals surface area contributed by atoms with E-state index >= 15 is 0 Å². The topological polar surface area (TPSA) is 94.6 Å². The molecule has 8 nitrogen and oxygen atoms in total. The van der Waals surface area contributed by atoms with Crippen LogP contribution in [-0.2, 0) is 44.8 Å². The van der Waals surface area contributed by atoms with Gasteiger partial charge in [-0.15, -0.1) is 0 Å². The van der Waals surface area contributed by atoms with E-state index in [9.17, 15) is 17.6 Å². The van der Waals surface area contributed by atoms with Crippen molar-refractivity contribution >= 4 is 15.7 Å². The lowest BCUT2D eigenvalue weighted by Crippen LogP contribution is -2.33.